The van der Waals surface area contributed by atoms with Crippen LogP contribution in [-0.4, -0.2) is 34.6 Å². The highest BCUT2D eigenvalue weighted by atomic mass is 16.3. The molecule has 2 rings (SSSR count). The predicted octanol–water partition coefficient (Wildman–Crippen LogP) is -0.258. The van der Waals surface area contributed by atoms with E-state index >= 15 is 0 Å². The van der Waals surface area contributed by atoms with Crippen molar-refractivity contribution in [3.8, 4) is 0 Å². The normalized spacial score (nSPS) is 33.5. The van der Waals surface area contributed by atoms with Crippen LogP contribution >= 0.6 is 0 Å². The van der Waals surface area contributed by atoms with Gasteiger partial charge < -0.3 is 10.0 Å². The minimum Gasteiger partial charge on any atom is -0.383 e. The van der Waals surface area contributed by atoms with E-state index < -0.39 is 6.10 Å². The van der Waals surface area contributed by atoms with E-state index in [0.717, 1.165) is 19.4 Å². The van der Waals surface area contributed by atoms with Crippen LogP contribution in [0.1, 0.15) is 19.3 Å². The van der Waals surface area contributed by atoms with Crippen LogP contribution in [0.15, 0.2) is 0 Å². The molecule has 2 aliphatic rings. The Morgan fingerprint density at radius 2 is 2.10 bits per heavy atom. The number of likely N-dealkylation sites (tertiary alicyclic amines) is 1. The highest BCUT2D eigenvalue weighted by Crippen LogP contribution is 2.30. The van der Waals surface area contributed by atoms with Gasteiger partial charge in [-0.2, -0.15) is 0 Å². The fourth-order valence-corrected chi connectivity index (χ4v) is 1.44. The lowest BCUT2D eigenvalue weighted by Crippen LogP contribution is -2.31. The quantitative estimate of drug-likeness (QED) is 0.546. The summed E-state index contributed by atoms with van der Waals surface area (Å²) in [4.78, 5) is 12.9. The fourth-order valence-electron chi connectivity index (χ4n) is 1.44. The summed E-state index contributed by atoms with van der Waals surface area (Å²) in [6.45, 7) is 0.769. The molecular weight excluding hydrogens is 130 g/mol. The van der Waals surface area contributed by atoms with Crippen LogP contribution in [0.2, 0.25) is 0 Å². The monoisotopic (exact) mass is 141 g/mol. The summed E-state index contributed by atoms with van der Waals surface area (Å²) in [7, 11) is 0. The lowest BCUT2D eigenvalue weighted by Gasteiger charge is -2.13. The molecule has 1 amide bonds. The Labute approximate surface area is 59.6 Å². The summed E-state index contributed by atoms with van der Waals surface area (Å²) in [6, 6.07) is 0.477. The van der Waals surface area contributed by atoms with Gasteiger partial charge in [0.1, 0.15) is 6.10 Å². The van der Waals surface area contributed by atoms with Crippen LogP contribution in [0.25, 0.3) is 0 Å². The van der Waals surface area contributed by atoms with Gasteiger partial charge in [0.25, 0.3) is 5.91 Å². The highest BCUT2D eigenvalue weighted by Gasteiger charge is 2.39. The number of nitrogens with zero attached hydrogens (tertiary/aromatic N) is 1. The molecule has 1 aliphatic heterocycles. The summed E-state index contributed by atoms with van der Waals surface area (Å²) < 4.78 is 0. The average molecular weight is 141 g/mol. The molecule has 0 spiro atoms. The molecule has 0 radical (unpaired) electrons. The average Bonchev–Trinajstić information content (AvgIpc) is 2.67. The molecule has 1 N–H and O–H groups in total. The van der Waals surface area contributed by atoms with E-state index in [1.165, 1.54) is 0 Å². The first-order valence-corrected chi connectivity index (χ1v) is 3.77. The zero-order valence-electron chi connectivity index (χ0n) is 5.79. The van der Waals surface area contributed by atoms with Crippen molar-refractivity contribution >= 4 is 5.91 Å². The van der Waals surface area contributed by atoms with E-state index in [4.69, 9.17) is 5.11 Å². The Bertz CT molecular complexity index is 165. The number of carbonyl (C=O) groups is 1. The van der Waals surface area contributed by atoms with E-state index in [0.29, 0.717) is 12.5 Å². The lowest BCUT2D eigenvalue weighted by molar-refractivity contribution is -0.134. The highest BCUT2D eigenvalue weighted by molar-refractivity contribution is 5.83. The van der Waals surface area contributed by atoms with Gasteiger partial charge in [-0.25, -0.2) is 0 Å². The van der Waals surface area contributed by atoms with Crippen LogP contribution < -0.4 is 0 Å². The third-order valence-corrected chi connectivity index (χ3v) is 2.20. The van der Waals surface area contributed by atoms with Gasteiger partial charge in [0.2, 0.25) is 0 Å². The van der Waals surface area contributed by atoms with Gasteiger partial charge in [-0.1, -0.05) is 0 Å². The lowest BCUT2D eigenvalue weighted by atomic mass is 10.3. The zero-order valence-corrected chi connectivity index (χ0v) is 5.79. The van der Waals surface area contributed by atoms with E-state index in [-0.39, 0.29) is 5.91 Å². The molecular formula is C7H11NO2. The van der Waals surface area contributed by atoms with E-state index in [1.807, 2.05) is 4.90 Å². The number of aliphatic hydroxyl groups excluding tert-OH is 1. The molecule has 0 aromatic heterocycles. The van der Waals surface area contributed by atoms with Crippen LogP contribution in [0.3, 0.4) is 0 Å². The van der Waals surface area contributed by atoms with Crippen molar-refractivity contribution in [3.05, 3.63) is 0 Å². The second kappa shape index (κ2) is 1.95. The van der Waals surface area contributed by atoms with Crippen molar-refractivity contribution < 1.29 is 9.90 Å². The number of rotatable bonds is 1. The van der Waals surface area contributed by atoms with Gasteiger partial charge in [0, 0.05) is 12.6 Å². The van der Waals surface area contributed by atoms with Crippen molar-refractivity contribution in [2.45, 2.75) is 31.4 Å². The maximum atomic E-state index is 11.1. The minimum atomic E-state index is -0.694. The zero-order chi connectivity index (χ0) is 7.14. The molecule has 0 aromatic rings. The molecule has 3 nitrogen and oxygen atoms in total. The van der Waals surface area contributed by atoms with E-state index in [2.05, 4.69) is 0 Å². The third-order valence-electron chi connectivity index (χ3n) is 2.20. The Balaban J connectivity index is 2.03. The van der Waals surface area contributed by atoms with E-state index in [1.54, 1.807) is 0 Å². The molecule has 2 fully saturated rings. The van der Waals surface area contributed by atoms with Crippen molar-refractivity contribution in [2.75, 3.05) is 6.54 Å². The van der Waals surface area contributed by atoms with Gasteiger partial charge in [-0.3, -0.25) is 4.79 Å². The Kier molecular flexibility index (Phi) is 1.20. The second-order valence-electron chi connectivity index (χ2n) is 3.07. The van der Waals surface area contributed by atoms with Gasteiger partial charge in [0.05, 0.1) is 0 Å². The molecule has 1 aliphatic carbocycles. The molecule has 1 atom stereocenters. The molecule has 10 heavy (non-hydrogen) atoms. The number of carbonyl (C=O) groups excluding carboxylic acids is 1. The molecule has 1 saturated heterocycles. The van der Waals surface area contributed by atoms with Crippen LogP contribution in [0.4, 0.5) is 0 Å². The standard InChI is InChI=1S/C7H11NO2/c9-6-3-4-8(7(6)10)5-1-2-5/h5-6,9H,1-4H2. The van der Waals surface area contributed by atoms with Crippen LogP contribution in [0, 0.1) is 0 Å². The number of hydrogen-bond donors (Lipinski definition) is 1. The third kappa shape index (κ3) is 0.814. The van der Waals surface area contributed by atoms with Crippen molar-refractivity contribution in [2.24, 2.45) is 0 Å². The Hall–Kier alpha value is -0.570. The molecule has 1 saturated carbocycles. The van der Waals surface area contributed by atoms with Crippen molar-refractivity contribution in [1.29, 1.82) is 0 Å². The SMILES string of the molecule is O=C1C(O)CCN1C1CC1. The van der Waals surface area contributed by atoms with Gasteiger partial charge >= 0.3 is 0 Å². The van der Waals surface area contributed by atoms with Crippen LogP contribution in [-0.2, 0) is 4.79 Å². The Morgan fingerprint density at radius 3 is 2.50 bits per heavy atom. The van der Waals surface area contributed by atoms with Gasteiger partial charge in [-0.15, -0.1) is 0 Å². The summed E-state index contributed by atoms with van der Waals surface area (Å²) in [5, 5.41) is 9.05. The summed E-state index contributed by atoms with van der Waals surface area (Å²) in [5.41, 5.74) is 0. The molecule has 1 heterocycles. The minimum absolute atomic E-state index is 0.0532. The first-order valence-electron chi connectivity index (χ1n) is 3.77. The Morgan fingerprint density at radius 1 is 1.40 bits per heavy atom. The van der Waals surface area contributed by atoms with Crippen molar-refractivity contribution in [3.63, 3.8) is 0 Å². The first-order chi connectivity index (χ1) is 4.79. The predicted molar refractivity (Wildman–Crippen MR) is 35.4 cm³/mol. The first kappa shape index (κ1) is 6.16. The topological polar surface area (TPSA) is 40.5 Å². The molecule has 56 valence electrons. The second-order valence-corrected chi connectivity index (χ2v) is 3.07. The van der Waals surface area contributed by atoms with Gasteiger partial charge in [-0.05, 0) is 19.3 Å². The number of amides is 1. The molecule has 0 bridgehead atoms. The summed E-state index contributed by atoms with van der Waals surface area (Å²) >= 11 is 0. The molecule has 1 unspecified atom stereocenters. The van der Waals surface area contributed by atoms with Crippen LogP contribution in [0.5, 0.6) is 0 Å². The van der Waals surface area contributed by atoms with E-state index in [9.17, 15) is 4.79 Å². The number of hydrogen-bond acceptors (Lipinski definition) is 2. The summed E-state index contributed by atoms with van der Waals surface area (Å²) in [6.07, 6.45) is 2.22. The maximum absolute atomic E-state index is 11.1. The molecule has 0 aromatic carbocycles. The smallest absolute Gasteiger partial charge is 0.251 e. The largest absolute Gasteiger partial charge is 0.383 e. The fraction of sp³-hybridized carbons (Fsp3) is 0.857. The molecule has 3 heteroatoms. The van der Waals surface area contributed by atoms with Crippen molar-refractivity contribution in [1.82, 2.24) is 4.90 Å². The number of aliphatic hydroxyl groups is 1. The van der Waals surface area contributed by atoms with Gasteiger partial charge in [0.15, 0.2) is 0 Å². The summed E-state index contributed by atoms with van der Waals surface area (Å²) in [5.74, 6) is -0.0532. The maximum Gasteiger partial charge on any atom is 0.251 e.